The van der Waals surface area contributed by atoms with Crippen molar-refractivity contribution in [3.8, 4) is 0 Å². The normalized spacial score (nSPS) is 10.8. The summed E-state index contributed by atoms with van der Waals surface area (Å²) >= 11 is 0. The van der Waals surface area contributed by atoms with Gasteiger partial charge in [0.05, 0.1) is 11.6 Å². The molecule has 0 aliphatic carbocycles. The summed E-state index contributed by atoms with van der Waals surface area (Å²) in [6.45, 7) is 0.418. The fraction of sp³-hybridized carbons (Fsp3) is 0.200. The first-order chi connectivity index (χ1) is 10.6. The molecule has 112 valence electrons. The molecular weight excluding hydrogens is 282 g/mol. The number of carbonyl (C=O) groups excluding carboxylic acids is 1. The molecule has 7 nitrogen and oxygen atoms in total. The third-order valence-corrected chi connectivity index (χ3v) is 3.42. The minimum Gasteiger partial charge on any atom is -0.336 e. The van der Waals surface area contributed by atoms with E-state index in [9.17, 15) is 9.59 Å². The summed E-state index contributed by atoms with van der Waals surface area (Å²) in [7, 11) is 3.51. The highest BCUT2D eigenvalue weighted by atomic mass is 16.2. The molecule has 7 heteroatoms. The van der Waals surface area contributed by atoms with E-state index in [0.717, 1.165) is 5.56 Å². The number of benzene rings is 1. The molecule has 3 rings (SSSR count). The van der Waals surface area contributed by atoms with Gasteiger partial charge in [0.1, 0.15) is 0 Å². The molecule has 0 atom stereocenters. The SMILES string of the molecule is CN(Cc1cnn(C)c1)C(=O)c1n[nH]c(=O)c2ccccc12. The Morgan fingerprint density at radius 2 is 2.05 bits per heavy atom. The molecule has 3 aromatic rings. The van der Waals surface area contributed by atoms with Gasteiger partial charge in [-0.15, -0.1) is 0 Å². The fourth-order valence-electron chi connectivity index (χ4n) is 2.36. The first kappa shape index (κ1) is 14.0. The van der Waals surface area contributed by atoms with Crippen LogP contribution >= 0.6 is 0 Å². The van der Waals surface area contributed by atoms with Gasteiger partial charge in [-0.05, 0) is 6.07 Å². The lowest BCUT2D eigenvalue weighted by molar-refractivity contribution is 0.0780. The summed E-state index contributed by atoms with van der Waals surface area (Å²) < 4.78 is 1.68. The summed E-state index contributed by atoms with van der Waals surface area (Å²) in [6, 6.07) is 6.93. The Labute approximate surface area is 126 Å². The van der Waals surface area contributed by atoms with E-state index in [1.54, 1.807) is 47.1 Å². The highest BCUT2D eigenvalue weighted by molar-refractivity contribution is 6.04. The number of aromatic amines is 1. The van der Waals surface area contributed by atoms with E-state index < -0.39 is 0 Å². The average Bonchev–Trinajstić information content (AvgIpc) is 2.92. The Morgan fingerprint density at radius 3 is 2.73 bits per heavy atom. The largest absolute Gasteiger partial charge is 0.336 e. The van der Waals surface area contributed by atoms with Crippen molar-refractivity contribution in [2.45, 2.75) is 6.54 Å². The van der Waals surface area contributed by atoms with Gasteiger partial charge < -0.3 is 4.90 Å². The first-order valence-corrected chi connectivity index (χ1v) is 6.76. The Morgan fingerprint density at radius 1 is 1.32 bits per heavy atom. The lowest BCUT2D eigenvalue weighted by Crippen LogP contribution is -2.28. The second kappa shape index (κ2) is 5.44. The van der Waals surface area contributed by atoms with Gasteiger partial charge in [-0.3, -0.25) is 14.3 Å². The van der Waals surface area contributed by atoms with E-state index in [-0.39, 0.29) is 17.2 Å². The van der Waals surface area contributed by atoms with Crippen LogP contribution in [0, 0.1) is 0 Å². The van der Waals surface area contributed by atoms with E-state index >= 15 is 0 Å². The van der Waals surface area contributed by atoms with Crippen molar-refractivity contribution in [3.05, 3.63) is 58.3 Å². The molecule has 0 fully saturated rings. The number of amides is 1. The smallest absolute Gasteiger partial charge is 0.274 e. The van der Waals surface area contributed by atoms with Crippen LogP contribution in [0.1, 0.15) is 16.1 Å². The van der Waals surface area contributed by atoms with Gasteiger partial charge in [0.15, 0.2) is 5.69 Å². The summed E-state index contributed by atoms with van der Waals surface area (Å²) in [5.74, 6) is -0.253. The molecule has 0 spiro atoms. The van der Waals surface area contributed by atoms with E-state index in [4.69, 9.17) is 0 Å². The van der Waals surface area contributed by atoms with Crippen molar-refractivity contribution in [3.63, 3.8) is 0 Å². The van der Waals surface area contributed by atoms with E-state index in [1.807, 2.05) is 13.2 Å². The Kier molecular flexibility index (Phi) is 3.46. The van der Waals surface area contributed by atoms with Crippen LogP contribution in [0.5, 0.6) is 0 Å². The van der Waals surface area contributed by atoms with E-state index in [0.29, 0.717) is 17.3 Å². The number of aromatic nitrogens is 4. The van der Waals surface area contributed by atoms with Crippen molar-refractivity contribution in [2.75, 3.05) is 7.05 Å². The number of fused-ring (bicyclic) bond motifs is 1. The maximum Gasteiger partial charge on any atom is 0.274 e. The predicted octanol–water partition coefficient (Wildman–Crippen LogP) is 0.929. The molecule has 0 unspecified atom stereocenters. The molecule has 0 bridgehead atoms. The van der Waals surface area contributed by atoms with E-state index in [2.05, 4.69) is 15.3 Å². The Hall–Kier alpha value is -2.96. The van der Waals surface area contributed by atoms with Crippen LogP contribution in [0.3, 0.4) is 0 Å². The molecule has 1 N–H and O–H groups in total. The minimum atomic E-state index is -0.304. The molecule has 0 saturated carbocycles. The maximum atomic E-state index is 12.6. The topological polar surface area (TPSA) is 83.9 Å². The quantitative estimate of drug-likeness (QED) is 0.779. The second-order valence-electron chi connectivity index (χ2n) is 5.13. The molecule has 2 heterocycles. The van der Waals surface area contributed by atoms with Gasteiger partial charge in [-0.1, -0.05) is 18.2 Å². The third kappa shape index (κ3) is 2.48. The standard InChI is InChI=1S/C15H15N5O2/c1-19(8-10-7-16-20(2)9-10)15(22)13-11-5-3-4-6-12(11)14(21)18-17-13/h3-7,9H,8H2,1-2H3,(H,18,21). The Balaban J connectivity index is 1.95. The van der Waals surface area contributed by atoms with Gasteiger partial charge in [0.2, 0.25) is 0 Å². The Bertz CT molecular complexity index is 896. The summed E-state index contributed by atoms with van der Waals surface area (Å²) in [5, 5.41) is 11.4. The van der Waals surface area contributed by atoms with Gasteiger partial charge in [-0.2, -0.15) is 10.2 Å². The number of nitrogens with one attached hydrogen (secondary N) is 1. The van der Waals surface area contributed by atoms with Crippen molar-refractivity contribution >= 4 is 16.7 Å². The molecular formula is C15H15N5O2. The summed E-state index contributed by atoms with van der Waals surface area (Å²) in [5.41, 5.74) is 0.857. The zero-order valence-electron chi connectivity index (χ0n) is 12.3. The van der Waals surface area contributed by atoms with Crippen molar-refractivity contribution in [2.24, 2.45) is 7.05 Å². The van der Waals surface area contributed by atoms with Crippen LogP contribution in [0.25, 0.3) is 10.8 Å². The number of hydrogen-bond acceptors (Lipinski definition) is 4. The van der Waals surface area contributed by atoms with Crippen LogP contribution in [-0.2, 0) is 13.6 Å². The first-order valence-electron chi connectivity index (χ1n) is 6.76. The minimum absolute atomic E-state index is 0.238. The van der Waals surface area contributed by atoms with Gasteiger partial charge >= 0.3 is 0 Å². The van der Waals surface area contributed by atoms with Crippen LogP contribution in [0.2, 0.25) is 0 Å². The molecule has 1 amide bonds. The molecule has 0 aliphatic rings. The highest BCUT2D eigenvalue weighted by Crippen LogP contribution is 2.15. The lowest BCUT2D eigenvalue weighted by Gasteiger charge is -2.16. The van der Waals surface area contributed by atoms with Crippen LogP contribution in [0.15, 0.2) is 41.5 Å². The molecule has 2 aromatic heterocycles. The fourth-order valence-corrected chi connectivity index (χ4v) is 2.36. The highest BCUT2D eigenvalue weighted by Gasteiger charge is 2.18. The number of carbonyl (C=O) groups is 1. The number of rotatable bonds is 3. The number of nitrogens with zero attached hydrogens (tertiary/aromatic N) is 4. The predicted molar refractivity (Wildman–Crippen MR) is 81.4 cm³/mol. The van der Waals surface area contributed by atoms with Crippen molar-refractivity contribution in [1.29, 1.82) is 0 Å². The van der Waals surface area contributed by atoms with Gasteiger partial charge in [0.25, 0.3) is 11.5 Å². The van der Waals surface area contributed by atoms with Crippen LogP contribution < -0.4 is 5.56 Å². The number of aryl methyl sites for hydroxylation is 1. The zero-order chi connectivity index (χ0) is 15.7. The molecule has 0 radical (unpaired) electrons. The van der Waals surface area contributed by atoms with E-state index in [1.165, 1.54) is 0 Å². The van der Waals surface area contributed by atoms with Gasteiger partial charge in [-0.25, -0.2) is 5.10 Å². The number of H-pyrrole nitrogens is 1. The maximum absolute atomic E-state index is 12.6. The molecule has 22 heavy (non-hydrogen) atoms. The second-order valence-corrected chi connectivity index (χ2v) is 5.13. The third-order valence-electron chi connectivity index (χ3n) is 3.42. The van der Waals surface area contributed by atoms with Gasteiger partial charge in [0, 0.05) is 37.8 Å². The summed E-state index contributed by atoms with van der Waals surface area (Å²) in [6.07, 6.45) is 3.56. The van der Waals surface area contributed by atoms with Crippen molar-refractivity contribution < 1.29 is 4.79 Å². The zero-order valence-corrected chi connectivity index (χ0v) is 12.3. The summed E-state index contributed by atoms with van der Waals surface area (Å²) in [4.78, 5) is 25.9. The lowest BCUT2D eigenvalue weighted by atomic mass is 10.1. The average molecular weight is 297 g/mol. The number of hydrogen-bond donors (Lipinski definition) is 1. The monoisotopic (exact) mass is 297 g/mol. The molecule has 0 saturated heterocycles. The molecule has 0 aliphatic heterocycles. The molecule has 1 aromatic carbocycles. The van der Waals surface area contributed by atoms with Crippen LogP contribution in [-0.4, -0.2) is 37.8 Å². The van der Waals surface area contributed by atoms with Crippen molar-refractivity contribution in [1.82, 2.24) is 24.9 Å². The van der Waals surface area contributed by atoms with Crippen LogP contribution in [0.4, 0.5) is 0 Å².